The average molecular weight is 642 g/mol. The monoisotopic (exact) mass is 640 g/mol. The number of hydrogen-bond donors (Lipinski definition) is 3. The van der Waals surface area contributed by atoms with E-state index < -0.39 is 11.9 Å². The van der Waals surface area contributed by atoms with Gasteiger partial charge in [-0.3, -0.25) is 19.9 Å². The molecular weight excluding hydrogens is 615 g/mol. The minimum atomic E-state index is -1.21. The van der Waals surface area contributed by atoms with Crippen LogP contribution in [0, 0.1) is 11.7 Å². The van der Waals surface area contributed by atoms with Crippen LogP contribution in [0.25, 0.3) is 16.8 Å². The van der Waals surface area contributed by atoms with E-state index in [9.17, 15) is 18.8 Å². The maximum atomic E-state index is 14.9. The van der Waals surface area contributed by atoms with E-state index in [1.54, 1.807) is 35.4 Å². The van der Waals surface area contributed by atoms with E-state index >= 15 is 0 Å². The zero-order chi connectivity index (χ0) is 29.3. The van der Waals surface area contributed by atoms with Gasteiger partial charge in [-0.25, -0.2) is 9.18 Å². The second kappa shape index (κ2) is 12.0. The van der Waals surface area contributed by atoms with Crippen LogP contribution in [0.1, 0.15) is 49.8 Å². The number of pyridine rings is 1. The van der Waals surface area contributed by atoms with Crippen LogP contribution in [0.2, 0.25) is 5.02 Å². The van der Waals surface area contributed by atoms with Crippen molar-refractivity contribution in [3.05, 3.63) is 81.2 Å². The Morgan fingerprint density at radius 1 is 1.20 bits per heavy atom. The second-order valence-corrected chi connectivity index (χ2v) is 11.4. The molecule has 0 saturated carbocycles. The molecule has 212 valence electrons. The van der Waals surface area contributed by atoms with Crippen molar-refractivity contribution in [1.29, 1.82) is 0 Å². The number of nitrogens with zero attached hydrogens (tertiary/aromatic N) is 2. The highest BCUT2D eigenvalue weighted by Crippen LogP contribution is 2.39. The quantitative estimate of drug-likeness (QED) is 0.256. The summed E-state index contributed by atoms with van der Waals surface area (Å²) in [6.45, 7) is 2.22. The normalized spacial score (nSPS) is 19.3. The maximum Gasteiger partial charge on any atom is 0.409 e. The molecule has 2 aliphatic rings. The van der Waals surface area contributed by atoms with E-state index in [0.717, 1.165) is 5.56 Å². The molecule has 3 heterocycles. The SMILES string of the molecule is C[C@@H]1CCC[C@H](N2CCC(c3c(Br)ccc(Cl)c3F)=CC2=O)c2ccnc(c2)-c2ccc(NC(=O)O)cc2NC1=O. The van der Waals surface area contributed by atoms with Crippen molar-refractivity contribution in [2.75, 3.05) is 17.2 Å². The van der Waals surface area contributed by atoms with Gasteiger partial charge in [-0.2, -0.15) is 0 Å². The Kier molecular flexibility index (Phi) is 8.42. The highest BCUT2D eigenvalue weighted by Gasteiger charge is 2.30. The predicted octanol–water partition coefficient (Wildman–Crippen LogP) is 7.51. The first-order chi connectivity index (χ1) is 19.6. The lowest BCUT2D eigenvalue weighted by Crippen LogP contribution is -2.37. The van der Waals surface area contributed by atoms with Gasteiger partial charge in [0.2, 0.25) is 11.8 Å². The lowest BCUT2D eigenvalue weighted by molar-refractivity contribution is -0.129. The van der Waals surface area contributed by atoms with Crippen LogP contribution < -0.4 is 10.6 Å². The molecule has 2 atom stereocenters. The summed E-state index contributed by atoms with van der Waals surface area (Å²) in [6.07, 6.45) is 4.26. The molecule has 5 rings (SSSR count). The summed E-state index contributed by atoms with van der Waals surface area (Å²) in [5.74, 6) is -1.31. The lowest BCUT2D eigenvalue weighted by Gasteiger charge is -2.35. The van der Waals surface area contributed by atoms with E-state index in [4.69, 9.17) is 16.7 Å². The Bertz CT molecular complexity index is 1580. The molecule has 0 unspecified atom stereocenters. The van der Waals surface area contributed by atoms with Gasteiger partial charge in [-0.15, -0.1) is 0 Å². The van der Waals surface area contributed by atoms with Crippen LogP contribution in [0.3, 0.4) is 0 Å². The first kappa shape index (κ1) is 28.8. The molecular formula is C30H27BrClFN4O4. The van der Waals surface area contributed by atoms with Crippen LogP contribution in [-0.4, -0.2) is 39.4 Å². The molecule has 2 aliphatic heterocycles. The zero-order valence-corrected chi connectivity index (χ0v) is 24.4. The molecule has 41 heavy (non-hydrogen) atoms. The van der Waals surface area contributed by atoms with Gasteiger partial charge in [-0.05, 0) is 72.9 Å². The third kappa shape index (κ3) is 6.13. The summed E-state index contributed by atoms with van der Waals surface area (Å²) in [5.41, 5.74) is 3.70. The van der Waals surface area contributed by atoms with Crippen LogP contribution in [0.15, 0.2) is 59.2 Å². The van der Waals surface area contributed by atoms with Crippen LogP contribution >= 0.6 is 27.5 Å². The Morgan fingerprint density at radius 3 is 2.76 bits per heavy atom. The summed E-state index contributed by atoms with van der Waals surface area (Å²) in [5, 5.41) is 14.4. The maximum absolute atomic E-state index is 14.9. The first-order valence-corrected chi connectivity index (χ1v) is 14.4. The topological polar surface area (TPSA) is 112 Å². The molecule has 1 aromatic heterocycles. The van der Waals surface area contributed by atoms with E-state index in [1.165, 1.54) is 12.1 Å². The van der Waals surface area contributed by atoms with E-state index in [-0.39, 0.29) is 28.8 Å². The largest absolute Gasteiger partial charge is 0.465 e. The smallest absolute Gasteiger partial charge is 0.409 e. The summed E-state index contributed by atoms with van der Waals surface area (Å²) < 4.78 is 15.4. The minimum absolute atomic E-state index is 0.00749. The number of halogens is 3. The molecule has 8 nitrogen and oxygen atoms in total. The molecule has 3 N–H and O–H groups in total. The summed E-state index contributed by atoms with van der Waals surface area (Å²) in [6, 6.07) is 11.5. The molecule has 11 heteroatoms. The third-order valence-corrected chi connectivity index (χ3v) is 8.43. The Labute approximate surface area is 249 Å². The highest BCUT2D eigenvalue weighted by atomic mass is 79.9. The number of rotatable bonds is 3. The van der Waals surface area contributed by atoms with Crippen molar-refractivity contribution in [3.63, 3.8) is 0 Å². The van der Waals surface area contributed by atoms with E-state index in [2.05, 4.69) is 31.5 Å². The first-order valence-electron chi connectivity index (χ1n) is 13.2. The van der Waals surface area contributed by atoms with Gasteiger partial charge in [0.25, 0.3) is 0 Å². The predicted molar refractivity (Wildman–Crippen MR) is 159 cm³/mol. The Balaban J connectivity index is 1.53. The number of benzene rings is 2. The molecule has 0 spiro atoms. The number of nitrogens with one attached hydrogen (secondary N) is 2. The van der Waals surface area contributed by atoms with E-state index in [0.29, 0.717) is 70.5 Å². The fraction of sp³-hybridized carbons (Fsp3) is 0.267. The van der Waals surface area contributed by atoms with Crippen molar-refractivity contribution >= 4 is 62.4 Å². The second-order valence-electron chi connectivity index (χ2n) is 10.2. The summed E-state index contributed by atoms with van der Waals surface area (Å²) >= 11 is 9.41. The van der Waals surface area contributed by atoms with Crippen molar-refractivity contribution in [2.24, 2.45) is 5.92 Å². The zero-order valence-electron chi connectivity index (χ0n) is 22.1. The van der Waals surface area contributed by atoms with Gasteiger partial charge in [0.15, 0.2) is 0 Å². The highest BCUT2D eigenvalue weighted by molar-refractivity contribution is 9.10. The van der Waals surface area contributed by atoms with E-state index in [1.807, 2.05) is 19.1 Å². The molecule has 2 bridgehead atoms. The number of aromatic nitrogens is 1. The molecule has 3 aromatic rings. The number of carbonyl (C=O) groups is 3. The fourth-order valence-electron chi connectivity index (χ4n) is 5.36. The molecule has 0 radical (unpaired) electrons. The average Bonchev–Trinajstić information content (AvgIpc) is 2.93. The van der Waals surface area contributed by atoms with Crippen molar-refractivity contribution in [3.8, 4) is 11.3 Å². The molecule has 0 saturated heterocycles. The number of fused-ring (bicyclic) bond motifs is 4. The van der Waals surface area contributed by atoms with Gasteiger partial charge in [0.05, 0.1) is 22.4 Å². The molecule has 0 fully saturated rings. The summed E-state index contributed by atoms with van der Waals surface area (Å²) in [7, 11) is 0. The summed E-state index contributed by atoms with van der Waals surface area (Å²) in [4.78, 5) is 44.1. The Hall–Kier alpha value is -3.76. The lowest BCUT2D eigenvalue weighted by atomic mass is 9.91. The van der Waals surface area contributed by atoms with Gasteiger partial charge < -0.3 is 15.3 Å². The molecule has 2 aromatic carbocycles. The minimum Gasteiger partial charge on any atom is -0.465 e. The fourth-order valence-corrected chi connectivity index (χ4v) is 6.08. The molecule has 0 aliphatic carbocycles. The Morgan fingerprint density at radius 2 is 2.00 bits per heavy atom. The van der Waals surface area contributed by atoms with Crippen LogP contribution in [0.5, 0.6) is 0 Å². The number of hydrogen-bond acceptors (Lipinski definition) is 4. The van der Waals surface area contributed by atoms with Crippen molar-refractivity contribution in [2.45, 2.75) is 38.6 Å². The standard InChI is InChI=1S/C30H27BrClFN4O4/c1-16-3-2-4-25(37-12-10-18(14-26(37)38)27-21(31)7-8-22(32)28(27)33)17-9-11-34-23(13-17)20-6-5-19(35-30(40)41)15-24(20)36-29(16)39/h5-9,11,13-16,25,35H,2-4,10,12H2,1H3,(H,36,39)(H,40,41)/t16-,25+/m1/s1. The molecule has 3 amide bonds. The van der Waals surface area contributed by atoms with Gasteiger partial charge in [0.1, 0.15) is 5.82 Å². The van der Waals surface area contributed by atoms with Gasteiger partial charge >= 0.3 is 6.09 Å². The number of anilines is 2. The number of carbonyl (C=O) groups excluding carboxylic acids is 2. The van der Waals surface area contributed by atoms with Crippen molar-refractivity contribution in [1.82, 2.24) is 9.88 Å². The number of carboxylic acid groups (broad SMARTS) is 1. The van der Waals surface area contributed by atoms with Crippen molar-refractivity contribution < 1.29 is 23.9 Å². The van der Waals surface area contributed by atoms with Gasteiger partial charge in [0, 0.05) is 46.0 Å². The number of amides is 3. The van der Waals surface area contributed by atoms with Crippen LogP contribution in [-0.2, 0) is 9.59 Å². The van der Waals surface area contributed by atoms with Gasteiger partial charge in [-0.1, -0.05) is 40.9 Å². The third-order valence-electron chi connectivity index (χ3n) is 7.48. The van der Waals surface area contributed by atoms with Crippen LogP contribution in [0.4, 0.5) is 20.6 Å².